The number of rotatable bonds is 4. The molecule has 0 amide bonds. The second kappa shape index (κ2) is 5.50. The number of hydrogen-bond acceptors (Lipinski definition) is 4. The molecule has 0 N–H and O–H groups in total. The molecule has 0 aliphatic carbocycles. The number of aryl methyl sites for hydroxylation is 1. The van der Waals surface area contributed by atoms with Gasteiger partial charge in [-0.2, -0.15) is 0 Å². The van der Waals surface area contributed by atoms with Gasteiger partial charge in [0, 0.05) is 6.54 Å². The zero-order valence-electron chi connectivity index (χ0n) is 12.2. The zero-order valence-corrected chi connectivity index (χ0v) is 13.0. The molecule has 2 heterocycles. The highest BCUT2D eigenvalue weighted by molar-refractivity contribution is 7.98. The Hall–Kier alpha value is -2.27. The van der Waals surface area contributed by atoms with Crippen LogP contribution in [0, 0.1) is 0 Å². The fourth-order valence-electron chi connectivity index (χ4n) is 2.58. The lowest BCUT2D eigenvalue weighted by Gasteiger charge is -2.03. The lowest BCUT2D eigenvalue weighted by Crippen LogP contribution is -1.96. The molecular formula is C17H15N3OS. The molecule has 0 unspecified atom stereocenters. The highest BCUT2D eigenvalue weighted by Crippen LogP contribution is 2.27. The van der Waals surface area contributed by atoms with Crippen molar-refractivity contribution in [3.63, 3.8) is 0 Å². The molecule has 4 nitrogen and oxygen atoms in total. The van der Waals surface area contributed by atoms with Crippen molar-refractivity contribution in [3.8, 4) is 0 Å². The Morgan fingerprint density at radius 2 is 1.77 bits per heavy atom. The molecule has 4 rings (SSSR count). The summed E-state index contributed by atoms with van der Waals surface area (Å²) in [5, 5.41) is 1.01. The number of thioether (sulfide) groups is 1. The SMILES string of the molecule is CCn1c(SCc2nc3ccccc3o2)nc2ccccc21. The Balaban J connectivity index is 1.63. The molecule has 0 spiro atoms. The third-order valence-electron chi connectivity index (χ3n) is 3.60. The minimum atomic E-state index is 0.679. The molecule has 0 radical (unpaired) electrons. The van der Waals surface area contributed by atoms with Crippen LogP contribution < -0.4 is 0 Å². The van der Waals surface area contributed by atoms with Crippen LogP contribution in [-0.4, -0.2) is 14.5 Å². The molecule has 0 saturated heterocycles. The van der Waals surface area contributed by atoms with Gasteiger partial charge in [0.1, 0.15) is 5.52 Å². The normalized spacial score (nSPS) is 11.5. The van der Waals surface area contributed by atoms with Crippen LogP contribution >= 0.6 is 11.8 Å². The van der Waals surface area contributed by atoms with Crippen LogP contribution in [0.25, 0.3) is 22.1 Å². The van der Waals surface area contributed by atoms with E-state index in [-0.39, 0.29) is 0 Å². The number of imidazole rings is 1. The van der Waals surface area contributed by atoms with E-state index in [1.807, 2.05) is 42.5 Å². The quantitative estimate of drug-likeness (QED) is 0.521. The van der Waals surface area contributed by atoms with Crippen LogP contribution in [0.2, 0.25) is 0 Å². The van der Waals surface area contributed by atoms with Crippen LogP contribution in [0.3, 0.4) is 0 Å². The van der Waals surface area contributed by atoms with Crippen molar-refractivity contribution >= 4 is 33.9 Å². The van der Waals surface area contributed by atoms with Crippen LogP contribution in [0.4, 0.5) is 0 Å². The van der Waals surface area contributed by atoms with Crippen molar-refractivity contribution in [1.82, 2.24) is 14.5 Å². The lowest BCUT2D eigenvalue weighted by atomic mass is 10.3. The predicted octanol–water partition coefficient (Wildman–Crippen LogP) is 4.49. The van der Waals surface area contributed by atoms with Gasteiger partial charge in [0.15, 0.2) is 10.7 Å². The second-order valence-electron chi connectivity index (χ2n) is 4.99. The Morgan fingerprint density at radius 3 is 2.59 bits per heavy atom. The van der Waals surface area contributed by atoms with Gasteiger partial charge in [-0.15, -0.1) is 0 Å². The van der Waals surface area contributed by atoms with Crippen molar-refractivity contribution in [2.45, 2.75) is 24.4 Å². The minimum absolute atomic E-state index is 0.679. The summed E-state index contributed by atoms with van der Waals surface area (Å²) in [4.78, 5) is 9.22. The van der Waals surface area contributed by atoms with E-state index >= 15 is 0 Å². The highest BCUT2D eigenvalue weighted by atomic mass is 32.2. The number of aromatic nitrogens is 3. The zero-order chi connectivity index (χ0) is 14.9. The molecule has 2 aromatic heterocycles. The van der Waals surface area contributed by atoms with Crippen molar-refractivity contribution < 1.29 is 4.42 Å². The van der Waals surface area contributed by atoms with Crippen molar-refractivity contribution in [3.05, 3.63) is 54.4 Å². The van der Waals surface area contributed by atoms with E-state index in [4.69, 9.17) is 9.40 Å². The first-order valence-electron chi connectivity index (χ1n) is 7.27. The first-order valence-corrected chi connectivity index (χ1v) is 8.26. The van der Waals surface area contributed by atoms with Gasteiger partial charge in [0.25, 0.3) is 0 Å². The minimum Gasteiger partial charge on any atom is -0.440 e. The summed E-state index contributed by atoms with van der Waals surface area (Å²) >= 11 is 1.66. The van der Waals surface area contributed by atoms with Gasteiger partial charge >= 0.3 is 0 Å². The maximum Gasteiger partial charge on any atom is 0.205 e. The van der Waals surface area contributed by atoms with Crippen molar-refractivity contribution in [1.29, 1.82) is 0 Å². The number of hydrogen-bond donors (Lipinski definition) is 0. The van der Waals surface area contributed by atoms with Crippen LogP contribution in [-0.2, 0) is 12.3 Å². The first-order chi connectivity index (χ1) is 10.8. The Labute approximate surface area is 132 Å². The molecule has 4 aromatic rings. The Kier molecular flexibility index (Phi) is 3.35. The Morgan fingerprint density at radius 1 is 1.00 bits per heavy atom. The highest BCUT2D eigenvalue weighted by Gasteiger charge is 2.12. The fraction of sp³-hybridized carbons (Fsp3) is 0.176. The molecule has 0 bridgehead atoms. The fourth-order valence-corrected chi connectivity index (χ4v) is 3.50. The van der Waals surface area contributed by atoms with Crippen LogP contribution in [0.1, 0.15) is 12.8 Å². The van der Waals surface area contributed by atoms with E-state index in [0.717, 1.165) is 34.2 Å². The summed E-state index contributed by atoms with van der Waals surface area (Å²) in [6.07, 6.45) is 0. The second-order valence-corrected chi connectivity index (χ2v) is 5.93. The topological polar surface area (TPSA) is 43.9 Å². The van der Waals surface area contributed by atoms with Gasteiger partial charge < -0.3 is 8.98 Å². The number of para-hydroxylation sites is 4. The van der Waals surface area contributed by atoms with E-state index in [1.54, 1.807) is 11.8 Å². The molecule has 0 saturated carbocycles. The summed E-state index contributed by atoms with van der Waals surface area (Å²) in [5.74, 6) is 1.42. The molecule has 5 heteroatoms. The molecule has 0 fully saturated rings. The summed E-state index contributed by atoms with van der Waals surface area (Å²) < 4.78 is 7.99. The van der Waals surface area contributed by atoms with Crippen LogP contribution in [0.5, 0.6) is 0 Å². The van der Waals surface area contributed by atoms with E-state index < -0.39 is 0 Å². The summed E-state index contributed by atoms with van der Waals surface area (Å²) in [6, 6.07) is 16.1. The lowest BCUT2D eigenvalue weighted by molar-refractivity contribution is 0.555. The van der Waals surface area contributed by atoms with E-state index in [9.17, 15) is 0 Å². The van der Waals surface area contributed by atoms with Gasteiger partial charge in [-0.1, -0.05) is 36.0 Å². The standard InChI is InChI=1S/C17H15N3OS/c1-2-20-14-9-5-3-7-12(14)19-17(20)22-11-16-18-13-8-4-6-10-15(13)21-16/h3-10H,2,11H2,1H3. The largest absolute Gasteiger partial charge is 0.440 e. The van der Waals surface area contributed by atoms with E-state index in [2.05, 4.69) is 22.5 Å². The number of oxazole rings is 1. The van der Waals surface area contributed by atoms with Crippen molar-refractivity contribution in [2.24, 2.45) is 0 Å². The number of benzene rings is 2. The van der Waals surface area contributed by atoms with E-state index in [0.29, 0.717) is 5.75 Å². The Bertz CT molecular complexity index is 908. The van der Waals surface area contributed by atoms with Gasteiger partial charge in [0.2, 0.25) is 5.89 Å². The summed E-state index contributed by atoms with van der Waals surface area (Å²) in [5.41, 5.74) is 3.94. The molecular weight excluding hydrogens is 294 g/mol. The maximum atomic E-state index is 5.77. The average molecular weight is 309 g/mol. The molecule has 22 heavy (non-hydrogen) atoms. The predicted molar refractivity (Wildman–Crippen MR) is 89.0 cm³/mol. The van der Waals surface area contributed by atoms with E-state index in [1.165, 1.54) is 5.52 Å². The van der Waals surface area contributed by atoms with Gasteiger partial charge in [-0.05, 0) is 31.2 Å². The summed E-state index contributed by atoms with van der Waals surface area (Å²) in [6.45, 7) is 3.04. The smallest absolute Gasteiger partial charge is 0.205 e. The third-order valence-corrected chi connectivity index (χ3v) is 4.56. The molecule has 110 valence electrons. The van der Waals surface area contributed by atoms with Gasteiger partial charge in [-0.3, -0.25) is 0 Å². The molecule has 2 aromatic carbocycles. The first kappa shape index (κ1) is 13.4. The van der Waals surface area contributed by atoms with Crippen LogP contribution in [0.15, 0.2) is 58.1 Å². The maximum absolute atomic E-state index is 5.77. The monoisotopic (exact) mass is 309 g/mol. The van der Waals surface area contributed by atoms with Crippen molar-refractivity contribution in [2.75, 3.05) is 0 Å². The number of fused-ring (bicyclic) bond motifs is 2. The number of nitrogens with zero attached hydrogens (tertiary/aromatic N) is 3. The molecule has 0 aliphatic heterocycles. The average Bonchev–Trinajstić information content (AvgIpc) is 3.12. The molecule has 0 atom stereocenters. The summed E-state index contributed by atoms with van der Waals surface area (Å²) in [7, 11) is 0. The van der Waals surface area contributed by atoms with Gasteiger partial charge in [-0.25, -0.2) is 9.97 Å². The third kappa shape index (κ3) is 2.27. The molecule has 0 aliphatic rings. The van der Waals surface area contributed by atoms with Gasteiger partial charge in [0.05, 0.1) is 16.8 Å².